The van der Waals surface area contributed by atoms with Crippen molar-refractivity contribution in [1.82, 2.24) is 24.6 Å². The van der Waals surface area contributed by atoms with Gasteiger partial charge in [0.1, 0.15) is 0 Å². The molecule has 3 aromatic heterocycles. The van der Waals surface area contributed by atoms with Gasteiger partial charge in [-0.3, -0.25) is 19.4 Å². The van der Waals surface area contributed by atoms with Crippen LogP contribution in [0.4, 0.5) is 0 Å². The van der Waals surface area contributed by atoms with Crippen molar-refractivity contribution in [3.05, 3.63) is 53.2 Å². The first-order valence-corrected chi connectivity index (χ1v) is 12.6. The molecule has 1 saturated carbocycles. The average molecular weight is 456 g/mol. The molecule has 4 heterocycles. The summed E-state index contributed by atoms with van der Waals surface area (Å²) >= 11 is 0. The van der Waals surface area contributed by atoms with Gasteiger partial charge in [0.25, 0.3) is 5.91 Å². The van der Waals surface area contributed by atoms with E-state index in [2.05, 4.69) is 23.9 Å². The average Bonchev–Trinajstić information content (AvgIpc) is 3.59. The Balaban J connectivity index is 1.44. The lowest BCUT2D eigenvalue weighted by Gasteiger charge is -2.27. The molecule has 0 unspecified atom stereocenters. The fraction of sp³-hybridized carbons (Fsp3) is 0.500. The molecule has 0 atom stereocenters. The second-order valence-electron chi connectivity index (χ2n) is 11.3. The monoisotopic (exact) mass is 455 g/mol. The van der Waals surface area contributed by atoms with Gasteiger partial charge in [0.15, 0.2) is 0 Å². The Morgan fingerprint density at radius 1 is 0.971 bits per heavy atom. The van der Waals surface area contributed by atoms with Crippen LogP contribution in [0.2, 0.25) is 0 Å². The second-order valence-corrected chi connectivity index (χ2v) is 11.3. The maximum Gasteiger partial charge on any atom is 0.256 e. The first-order chi connectivity index (χ1) is 16.2. The van der Waals surface area contributed by atoms with Gasteiger partial charge in [-0.25, -0.2) is 0 Å². The Bertz CT molecular complexity index is 1300. The third-order valence-corrected chi connectivity index (χ3v) is 8.46. The molecule has 0 spiro atoms. The van der Waals surface area contributed by atoms with Gasteiger partial charge >= 0.3 is 0 Å². The summed E-state index contributed by atoms with van der Waals surface area (Å²) in [5.41, 5.74) is 7.94. The predicted octanol–water partition coefficient (Wildman–Crippen LogP) is 5.40. The fourth-order valence-electron chi connectivity index (χ4n) is 6.12. The number of amides is 1. The number of aromatic nitrogens is 4. The Labute approximate surface area is 201 Å². The highest BCUT2D eigenvalue weighted by molar-refractivity contribution is 6.00. The molecule has 176 valence electrons. The number of fused-ring (bicyclic) bond motifs is 2. The summed E-state index contributed by atoms with van der Waals surface area (Å²) in [6, 6.07) is 4.29. The van der Waals surface area contributed by atoms with Gasteiger partial charge in [-0.05, 0) is 69.1 Å². The van der Waals surface area contributed by atoms with Gasteiger partial charge in [-0.1, -0.05) is 19.8 Å². The summed E-state index contributed by atoms with van der Waals surface area (Å²) in [6.45, 7) is 7.43. The number of carbonyl (C=O) groups excluding carboxylic acids is 1. The van der Waals surface area contributed by atoms with Crippen LogP contribution in [0.15, 0.2) is 30.7 Å². The fourth-order valence-corrected chi connectivity index (χ4v) is 6.12. The third-order valence-electron chi connectivity index (χ3n) is 8.46. The van der Waals surface area contributed by atoms with Crippen molar-refractivity contribution in [3.8, 4) is 22.4 Å². The standard InChI is InChI=1S/C28H33N5O/c1-27(2)25-22(26(34)32(27)4)13-19(14-29-25)24-21(12-18-8-7-9-23(18)31-24)20-15-30-33(16-20)17-28(3)10-5-6-11-28/h12-16H,5-11,17H2,1-4H3. The van der Waals surface area contributed by atoms with E-state index < -0.39 is 5.54 Å². The molecule has 6 nitrogen and oxygen atoms in total. The van der Waals surface area contributed by atoms with E-state index in [1.165, 1.54) is 36.9 Å². The number of carbonyl (C=O) groups is 1. The predicted molar refractivity (Wildman–Crippen MR) is 132 cm³/mol. The van der Waals surface area contributed by atoms with Crippen molar-refractivity contribution in [2.45, 2.75) is 77.8 Å². The summed E-state index contributed by atoms with van der Waals surface area (Å²) < 4.78 is 2.11. The zero-order chi connectivity index (χ0) is 23.7. The minimum Gasteiger partial charge on any atom is -0.331 e. The van der Waals surface area contributed by atoms with Crippen LogP contribution in [0, 0.1) is 5.41 Å². The summed E-state index contributed by atoms with van der Waals surface area (Å²) in [5.74, 6) is 0.0229. The van der Waals surface area contributed by atoms with E-state index in [4.69, 9.17) is 15.1 Å². The van der Waals surface area contributed by atoms with Crippen LogP contribution >= 0.6 is 0 Å². The van der Waals surface area contributed by atoms with Crippen LogP contribution in [0.5, 0.6) is 0 Å². The van der Waals surface area contributed by atoms with E-state index >= 15 is 0 Å². The Hall–Kier alpha value is -3.02. The molecular formula is C28H33N5O. The molecule has 0 N–H and O–H groups in total. The normalized spacial score (nSPS) is 20.1. The van der Waals surface area contributed by atoms with E-state index in [0.29, 0.717) is 11.0 Å². The molecule has 6 rings (SSSR count). The Morgan fingerprint density at radius 3 is 2.56 bits per heavy atom. The molecule has 3 aliphatic rings. The lowest BCUT2D eigenvalue weighted by molar-refractivity contribution is 0.0688. The molecule has 0 saturated heterocycles. The van der Waals surface area contributed by atoms with Crippen LogP contribution < -0.4 is 0 Å². The van der Waals surface area contributed by atoms with Crippen molar-refractivity contribution < 1.29 is 4.79 Å². The van der Waals surface area contributed by atoms with Crippen molar-refractivity contribution in [3.63, 3.8) is 0 Å². The summed E-state index contributed by atoms with van der Waals surface area (Å²) in [5, 5.41) is 4.74. The highest BCUT2D eigenvalue weighted by atomic mass is 16.2. The van der Waals surface area contributed by atoms with Gasteiger partial charge in [-0.15, -0.1) is 0 Å². The third kappa shape index (κ3) is 3.29. The van der Waals surface area contributed by atoms with E-state index in [0.717, 1.165) is 53.9 Å². The molecule has 1 amide bonds. The largest absolute Gasteiger partial charge is 0.331 e. The van der Waals surface area contributed by atoms with E-state index in [-0.39, 0.29) is 5.91 Å². The van der Waals surface area contributed by atoms with Crippen LogP contribution in [-0.2, 0) is 24.9 Å². The number of hydrogen-bond acceptors (Lipinski definition) is 4. The van der Waals surface area contributed by atoms with Gasteiger partial charge < -0.3 is 4.90 Å². The van der Waals surface area contributed by atoms with Crippen molar-refractivity contribution in [1.29, 1.82) is 0 Å². The first kappa shape index (κ1) is 21.5. The van der Waals surface area contributed by atoms with Gasteiger partial charge in [0.05, 0.1) is 28.7 Å². The molecule has 0 bridgehead atoms. The number of aryl methyl sites for hydroxylation is 2. The van der Waals surface area contributed by atoms with Crippen molar-refractivity contribution in [2.24, 2.45) is 5.41 Å². The lowest BCUT2D eigenvalue weighted by Crippen LogP contribution is -2.35. The van der Waals surface area contributed by atoms with E-state index in [1.807, 2.05) is 39.4 Å². The number of pyridine rings is 2. The summed E-state index contributed by atoms with van der Waals surface area (Å²) in [7, 11) is 1.85. The molecule has 0 aromatic carbocycles. The smallest absolute Gasteiger partial charge is 0.256 e. The van der Waals surface area contributed by atoms with Gasteiger partial charge in [0.2, 0.25) is 0 Å². The molecule has 6 heteroatoms. The molecule has 3 aromatic rings. The highest BCUT2D eigenvalue weighted by Gasteiger charge is 2.42. The SMILES string of the molecule is CN1C(=O)c2cc(-c3nc4c(cc3-c3cnn(CC5(C)CCCC5)c3)CCC4)cnc2C1(C)C. The lowest BCUT2D eigenvalue weighted by atomic mass is 9.89. The molecule has 0 radical (unpaired) electrons. The molecule has 2 aliphatic carbocycles. The first-order valence-electron chi connectivity index (χ1n) is 12.6. The maximum absolute atomic E-state index is 13.0. The van der Waals surface area contributed by atoms with Crippen LogP contribution in [-0.4, -0.2) is 37.6 Å². The minimum atomic E-state index is -0.406. The number of hydrogen-bond donors (Lipinski definition) is 0. The second kappa shape index (κ2) is 7.49. The summed E-state index contributed by atoms with van der Waals surface area (Å²) in [4.78, 5) is 24.7. The minimum absolute atomic E-state index is 0.0229. The number of nitrogens with zero attached hydrogens (tertiary/aromatic N) is 5. The van der Waals surface area contributed by atoms with Crippen molar-refractivity contribution >= 4 is 5.91 Å². The van der Waals surface area contributed by atoms with Crippen LogP contribution in [0.25, 0.3) is 22.4 Å². The molecular weight excluding hydrogens is 422 g/mol. The zero-order valence-corrected chi connectivity index (χ0v) is 20.7. The number of rotatable bonds is 4. The highest BCUT2D eigenvalue weighted by Crippen LogP contribution is 2.41. The van der Waals surface area contributed by atoms with Gasteiger partial charge in [0, 0.05) is 48.4 Å². The molecule has 1 aliphatic heterocycles. The maximum atomic E-state index is 13.0. The Morgan fingerprint density at radius 2 is 1.76 bits per heavy atom. The van der Waals surface area contributed by atoms with E-state index in [1.54, 1.807) is 4.90 Å². The zero-order valence-electron chi connectivity index (χ0n) is 20.7. The van der Waals surface area contributed by atoms with E-state index in [9.17, 15) is 4.79 Å². The molecule has 34 heavy (non-hydrogen) atoms. The molecule has 1 fully saturated rings. The quantitative estimate of drug-likeness (QED) is 0.529. The van der Waals surface area contributed by atoms with Crippen LogP contribution in [0.1, 0.15) is 80.2 Å². The Kier molecular flexibility index (Phi) is 4.74. The van der Waals surface area contributed by atoms with Crippen molar-refractivity contribution in [2.75, 3.05) is 7.05 Å². The summed E-state index contributed by atoms with van der Waals surface area (Å²) in [6.07, 6.45) is 14.4. The van der Waals surface area contributed by atoms with Crippen LogP contribution in [0.3, 0.4) is 0 Å². The topological polar surface area (TPSA) is 63.9 Å². The van der Waals surface area contributed by atoms with Gasteiger partial charge in [-0.2, -0.15) is 5.10 Å².